The summed E-state index contributed by atoms with van der Waals surface area (Å²) in [5.74, 6) is -0.211. The molecule has 10 heteroatoms. The Kier molecular flexibility index (Phi) is 6.57. The van der Waals surface area contributed by atoms with Gasteiger partial charge in [-0.1, -0.05) is 20.8 Å². The lowest BCUT2D eigenvalue weighted by molar-refractivity contribution is -0.142. The number of carbonyl (C=O) groups is 1. The third-order valence-electron chi connectivity index (χ3n) is 5.13. The Balaban J connectivity index is 1.58. The number of alkyl halides is 3. The quantitative estimate of drug-likeness (QED) is 0.718. The molecule has 6 nitrogen and oxygen atoms in total. The number of amides is 1. The average Bonchev–Trinajstić information content (AvgIpc) is 3.27. The molecule has 0 bridgehead atoms. The molecule has 0 spiro atoms. The molecule has 0 radical (unpaired) electrons. The Labute approximate surface area is 178 Å². The molecule has 1 fully saturated rings. The number of carbonyl (C=O) groups excluding carboxylic acids is 1. The second kappa shape index (κ2) is 8.66. The number of thiazole rings is 1. The summed E-state index contributed by atoms with van der Waals surface area (Å²) in [5, 5.41) is 6.74. The van der Waals surface area contributed by atoms with Crippen molar-refractivity contribution in [1.82, 2.24) is 24.6 Å². The van der Waals surface area contributed by atoms with Gasteiger partial charge in [-0.3, -0.25) is 14.4 Å². The Morgan fingerprint density at radius 3 is 2.53 bits per heavy atom. The van der Waals surface area contributed by atoms with Crippen LogP contribution >= 0.6 is 11.3 Å². The average molecular weight is 444 g/mol. The van der Waals surface area contributed by atoms with Gasteiger partial charge in [-0.2, -0.15) is 18.3 Å². The largest absolute Gasteiger partial charge is 0.435 e. The van der Waals surface area contributed by atoms with E-state index in [1.807, 2.05) is 0 Å². The summed E-state index contributed by atoms with van der Waals surface area (Å²) in [6.07, 6.45) is -2.49. The zero-order valence-corrected chi connectivity index (χ0v) is 18.6. The van der Waals surface area contributed by atoms with Crippen LogP contribution in [0.2, 0.25) is 0 Å². The van der Waals surface area contributed by atoms with Crippen molar-refractivity contribution in [2.24, 2.45) is 0 Å². The van der Waals surface area contributed by atoms with E-state index in [4.69, 9.17) is 4.98 Å². The first-order valence-corrected chi connectivity index (χ1v) is 10.9. The summed E-state index contributed by atoms with van der Waals surface area (Å²) in [6.45, 7) is 11.4. The van der Waals surface area contributed by atoms with Crippen molar-refractivity contribution in [2.75, 3.05) is 26.2 Å². The Hall–Kier alpha value is -1.94. The molecule has 0 aromatic carbocycles. The van der Waals surface area contributed by atoms with Gasteiger partial charge in [0.2, 0.25) is 5.91 Å². The number of aromatic nitrogens is 3. The van der Waals surface area contributed by atoms with Crippen LogP contribution in [0.3, 0.4) is 0 Å². The topological polar surface area (TPSA) is 54.3 Å². The van der Waals surface area contributed by atoms with Gasteiger partial charge in [0.1, 0.15) is 6.04 Å². The van der Waals surface area contributed by atoms with E-state index in [2.05, 4.69) is 36.1 Å². The summed E-state index contributed by atoms with van der Waals surface area (Å²) < 4.78 is 39.4. The van der Waals surface area contributed by atoms with E-state index >= 15 is 0 Å². The van der Waals surface area contributed by atoms with Crippen LogP contribution in [0.1, 0.15) is 56.6 Å². The van der Waals surface area contributed by atoms with E-state index in [-0.39, 0.29) is 11.3 Å². The van der Waals surface area contributed by atoms with E-state index < -0.39 is 17.9 Å². The summed E-state index contributed by atoms with van der Waals surface area (Å²) in [4.78, 5) is 21.6. The Bertz CT molecular complexity index is 870. The monoisotopic (exact) mass is 443 g/mol. The fourth-order valence-electron chi connectivity index (χ4n) is 3.38. The Morgan fingerprint density at radius 1 is 1.20 bits per heavy atom. The highest BCUT2D eigenvalue weighted by atomic mass is 32.1. The molecule has 1 saturated heterocycles. The molecule has 1 aliphatic rings. The molecule has 30 heavy (non-hydrogen) atoms. The lowest BCUT2D eigenvalue weighted by Gasteiger charge is -2.24. The van der Waals surface area contributed by atoms with Crippen LogP contribution in [0.15, 0.2) is 17.6 Å². The van der Waals surface area contributed by atoms with Crippen molar-refractivity contribution in [3.8, 4) is 0 Å². The van der Waals surface area contributed by atoms with Crippen LogP contribution in [0.4, 0.5) is 13.2 Å². The fraction of sp³-hybridized carbons (Fsp3) is 0.650. The van der Waals surface area contributed by atoms with E-state index in [0.717, 1.165) is 41.0 Å². The third-order valence-corrected chi connectivity index (χ3v) is 6.45. The summed E-state index contributed by atoms with van der Waals surface area (Å²) in [6, 6.07) is 0.119. The highest BCUT2D eigenvalue weighted by molar-refractivity contribution is 7.09. The highest BCUT2D eigenvalue weighted by Crippen LogP contribution is 2.28. The molecule has 1 amide bonds. The first kappa shape index (κ1) is 22.7. The predicted molar refractivity (Wildman–Crippen MR) is 109 cm³/mol. The van der Waals surface area contributed by atoms with Crippen LogP contribution in [-0.4, -0.2) is 56.7 Å². The van der Waals surface area contributed by atoms with Gasteiger partial charge >= 0.3 is 6.18 Å². The molecular weight excluding hydrogens is 415 g/mol. The molecule has 1 aliphatic heterocycles. The minimum Gasteiger partial charge on any atom is -0.340 e. The van der Waals surface area contributed by atoms with Gasteiger partial charge in [0.05, 0.1) is 10.7 Å². The number of hydrogen-bond acceptors (Lipinski definition) is 5. The van der Waals surface area contributed by atoms with Crippen LogP contribution < -0.4 is 0 Å². The first-order valence-electron chi connectivity index (χ1n) is 10.0. The van der Waals surface area contributed by atoms with E-state index in [1.54, 1.807) is 23.2 Å². The van der Waals surface area contributed by atoms with Crippen molar-refractivity contribution in [3.05, 3.63) is 34.0 Å². The maximum atomic E-state index is 12.8. The number of halogens is 3. The van der Waals surface area contributed by atoms with Gasteiger partial charge in [0.15, 0.2) is 5.69 Å². The molecule has 1 atom stereocenters. The van der Waals surface area contributed by atoms with Gasteiger partial charge in [-0.05, 0) is 19.4 Å². The minimum atomic E-state index is -4.51. The first-order chi connectivity index (χ1) is 13.9. The fourth-order valence-corrected chi connectivity index (χ4v) is 4.28. The van der Waals surface area contributed by atoms with Crippen molar-refractivity contribution in [1.29, 1.82) is 0 Å². The molecule has 2 aromatic rings. The van der Waals surface area contributed by atoms with Crippen LogP contribution in [-0.2, 0) is 22.9 Å². The van der Waals surface area contributed by atoms with Crippen LogP contribution in [0.25, 0.3) is 0 Å². The maximum absolute atomic E-state index is 12.8. The molecule has 1 unspecified atom stereocenters. The van der Waals surface area contributed by atoms with Gasteiger partial charge in [0.25, 0.3) is 0 Å². The summed E-state index contributed by atoms with van der Waals surface area (Å²) in [7, 11) is 0. The third kappa shape index (κ3) is 5.40. The normalized spacial score (nSPS) is 17.8. The van der Waals surface area contributed by atoms with Crippen molar-refractivity contribution >= 4 is 17.2 Å². The number of rotatable bonds is 4. The summed E-state index contributed by atoms with van der Waals surface area (Å²) in [5.41, 5.74) is 0.0795. The van der Waals surface area contributed by atoms with E-state index in [9.17, 15) is 18.0 Å². The summed E-state index contributed by atoms with van der Waals surface area (Å²) >= 11 is 1.67. The van der Waals surface area contributed by atoms with E-state index in [0.29, 0.717) is 19.6 Å². The maximum Gasteiger partial charge on any atom is 0.435 e. The number of nitrogens with zero attached hydrogens (tertiary/aromatic N) is 5. The molecular formula is C20H28F3N5OS. The van der Waals surface area contributed by atoms with Gasteiger partial charge in [0, 0.05) is 49.7 Å². The lowest BCUT2D eigenvalue weighted by Crippen LogP contribution is -2.39. The highest BCUT2D eigenvalue weighted by Gasteiger charge is 2.35. The van der Waals surface area contributed by atoms with Crippen LogP contribution in [0, 0.1) is 0 Å². The van der Waals surface area contributed by atoms with Gasteiger partial charge in [-0.25, -0.2) is 4.98 Å². The van der Waals surface area contributed by atoms with Crippen LogP contribution in [0.5, 0.6) is 0 Å². The van der Waals surface area contributed by atoms with E-state index in [1.165, 1.54) is 6.20 Å². The smallest absolute Gasteiger partial charge is 0.340 e. The van der Waals surface area contributed by atoms with Gasteiger partial charge < -0.3 is 4.90 Å². The number of hydrogen-bond donors (Lipinski definition) is 0. The zero-order valence-electron chi connectivity index (χ0n) is 17.7. The lowest BCUT2D eigenvalue weighted by atomic mass is 9.98. The molecule has 0 N–H and O–H groups in total. The van der Waals surface area contributed by atoms with Crippen molar-refractivity contribution < 1.29 is 18.0 Å². The molecule has 0 saturated carbocycles. The molecule has 0 aliphatic carbocycles. The molecule has 2 aromatic heterocycles. The standard InChI is InChI=1S/C20H28F3N5OS/c1-14(28-9-6-16(25-28)20(21,22)23)17(29)27-8-5-7-26(10-11-27)12-15-13-30-18(24-15)19(2,3)4/h6,9,13-14H,5,7-8,10-12H2,1-4H3. The predicted octanol–water partition coefficient (Wildman–Crippen LogP) is 3.95. The van der Waals surface area contributed by atoms with Crippen molar-refractivity contribution in [3.63, 3.8) is 0 Å². The van der Waals surface area contributed by atoms with Crippen molar-refractivity contribution in [2.45, 2.75) is 58.3 Å². The zero-order chi connectivity index (χ0) is 22.1. The molecule has 166 valence electrons. The second-order valence-electron chi connectivity index (χ2n) is 8.70. The second-order valence-corrected chi connectivity index (χ2v) is 9.56. The molecule has 3 rings (SSSR count). The Morgan fingerprint density at radius 2 is 1.93 bits per heavy atom. The SMILES string of the molecule is CC(C(=O)N1CCCN(Cc2csc(C(C)(C)C)n2)CC1)n1ccc(C(F)(F)F)n1. The molecule has 3 heterocycles. The minimum absolute atomic E-state index is 0.0273. The van der Waals surface area contributed by atoms with Gasteiger partial charge in [-0.15, -0.1) is 11.3 Å².